The van der Waals surface area contributed by atoms with Crippen LogP contribution in [0.1, 0.15) is 43.5 Å². The van der Waals surface area contributed by atoms with Crippen LogP contribution >= 0.6 is 0 Å². The fraction of sp³-hybridized carbons (Fsp3) is 0.550. The number of nitrogens with zero attached hydrogens (tertiary/aromatic N) is 2. The second-order valence-electron chi connectivity index (χ2n) is 7.77. The number of halogens is 1. The maximum absolute atomic E-state index is 13.2. The molecule has 1 spiro atoms. The molecule has 0 saturated carbocycles. The Labute approximate surface area is 163 Å². The Balaban J connectivity index is 1.81. The van der Waals surface area contributed by atoms with E-state index < -0.39 is 29.5 Å². The quantitative estimate of drug-likeness (QED) is 0.848. The van der Waals surface area contributed by atoms with Crippen LogP contribution in [0, 0.1) is 11.7 Å². The molecule has 2 aliphatic rings. The van der Waals surface area contributed by atoms with E-state index >= 15 is 0 Å². The normalized spacial score (nSPS) is 21.4. The van der Waals surface area contributed by atoms with Crippen LogP contribution in [0.3, 0.4) is 0 Å². The number of piperidine rings is 1. The van der Waals surface area contributed by atoms with Gasteiger partial charge in [0.05, 0.1) is 6.61 Å². The maximum atomic E-state index is 13.2. The number of likely N-dealkylation sites (tertiary alicyclic amines) is 1. The van der Waals surface area contributed by atoms with Gasteiger partial charge in [0, 0.05) is 37.9 Å². The minimum absolute atomic E-state index is 0.0500. The third kappa shape index (κ3) is 3.87. The number of carboxylic acid groups (broad SMARTS) is 1. The van der Waals surface area contributed by atoms with Gasteiger partial charge in [0.25, 0.3) is 5.91 Å². The molecule has 0 radical (unpaired) electrons. The first-order valence-corrected chi connectivity index (χ1v) is 9.47. The van der Waals surface area contributed by atoms with Crippen LogP contribution in [-0.2, 0) is 14.3 Å². The molecule has 0 bridgehead atoms. The van der Waals surface area contributed by atoms with Crippen LogP contribution in [0.25, 0.3) is 0 Å². The van der Waals surface area contributed by atoms with Crippen LogP contribution in [0.15, 0.2) is 24.3 Å². The van der Waals surface area contributed by atoms with E-state index in [4.69, 9.17) is 4.74 Å². The molecule has 2 heterocycles. The van der Waals surface area contributed by atoms with Gasteiger partial charge >= 0.3 is 5.97 Å². The highest BCUT2D eigenvalue weighted by Gasteiger charge is 2.54. The summed E-state index contributed by atoms with van der Waals surface area (Å²) in [6.07, 6.45) is 1.13. The number of benzene rings is 1. The van der Waals surface area contributed by atoms with E-state index in [-0.39, 0.29) is 24.0 Å². The minimum Gasteiger partial charge on any atom is -0.480 e. The smallest absolute Gasteiger partial charge is 0.328 e. The topological polar surface area (TPSA) is 87.2 Å². The Hall–Kier alpha value is -2.48. The van der Waals surface area contributed by atoms with Gasteiger partial charge in [-0.1, -0.05) is 13.8 Å². The van der Waals surface area contributed by atoms with E-state index in [2.05, 4.69) is 0 Å². The van der Waals surface area contributed by atoms with Crippen LogP contribution in [0.4, 0.5) is 4.39 Å². The highest BCUT2D eigenvalue weighted by molar-refractivity contribution is 5.97. The van der Waals surface area contributed by atoms with Gasteiger partial charge in [-0.3, -0.25) is 14.5 Å². The fourth-order valence-electron chi connectivity index (χ4n) is 3.87. The van der Waals surface area contributed by atoms with Crippen molar-refractivity contribution in [1.82, 2.24) is 9.80 Å². The van der Waals surface area contributed by atoms with E-state index in [0.717, 1.165) is 0 Å². The van der Waals surface area contributed by atoms with Gasteiger partial charge in [0.15, 0.2) is 6.04 Å². The molecule has 0 aliphatic carbocycles. The Kier molecular flexibility index (Phi) is 5.69. The summed E-state index contributed by atoms with van der Waals surface area (Å²) in [5.41, 5.74) is -0.862. The van der Waals surface area contributed by atoms with Gasteiger partial charge < -0.3 is 14.7 Å². The zero-order chi connectivity index (χ0) is 20.5. The van der Waals surface area contributed by atoms with Crippen molar-refractivity contribution in [1.29, 1.82) is 0 Å². The van der Waals surface area contributed by atoms with E-state index in [0.29, 0.717) is 32.4 Å². The third-order valence-corrected chi connectivity index (χ3v) is 5.34. The number of amides is 2. The molecule has 1 aromatic rings. The first kappa shape index (κ1) is 20.3. The fourth-order valence-corrected chi connectivity index (χ4v) is 3.87. The molecule has 8 heteroatoms. The summed E-state index contributed by atoms with van der Waals surface area (Å²) in [5, 5.41) is 9.58. The summed E-state index contributed by atoms with van der Waals surface area (Å²) in [6, 6.07) is 3.89. The molecule has 1 atom stereocenters. The van der Waals surface area contributed by atoms with Gasteiger partial charge in [-0.25, -0.2) is 9.18 Å². The number of aliphatic carboxylic acids is 1. The highest BCUT2D eigenvalue weighted by Crippen LogP contribution is 2.38. The van der Waals surface area contributed by atoms with Crippen molar-refractivity contribution in [2.75, 3.05) is 19.7 Å². The first-order chi connectivity index (χ1) is 13.2. The standard InChI is InChI=1S/C20H25FN2O5/c1-13(2)11-17(24)22-9-7-20(8-10-22)23(16(12-28-20)19(26)27)18(25)14-3-5-15(21)6-4-14/h3-6,13,16H,7-12H2,1-2H3,(H,26,27)/t16-/m1/s1. The van der Waals surface area contributed by atoms with E-state index in [9.17, 15) is 23.9 Å². The van der Waals surface area contributed by atoms with E-state index in [1.165, 1.54) is 29.2 Å². The van der Waals surface area contributed by atoms with Crippen LogP contribution < -0.4 is 0 Å². The molecule has 2 aliphatic heterocycles. The minimum atomic E-state index is -1.15. The van der Waals surface area contributed by atoms with Gasteiger partial charge in [-0.2, -0.15) is 0 Å². The van der Waals surface area contributed by atoms with Crippen LogP contribution in [0.5, 0.6) is 0 Å². The van der Waals surface area contributed by atoms with Crippen molar-refractivity contribution in [2.24, 2.45) is 5.92 Å². The number of hydrogen-bond acceptors (Lipinski definition) is 4. The molecule has 2 fully saturated rings. The number of carbonyl (C=O) groups is 3. The Bertz CT molecular complexity index is 756. The number of carbonyl (C=O) groups excluding carboxylic acids is 2. The molecule has 0 unspecified atom stereocenters. The summed E-state index contributed by atoms with van der Waals surface area (Å²) >= 11 is 0. The van der Waals surface area contributed by atoms with Crippen molar-refractivity contribution >= 4 is 17.8 Å². The summed E-state index contributed by atoms with van der Waals surface area (Å²) in [7, 11) is 0. The zero-order valence-corrected chi connectivity index (χ0v) is 16.1. The first-order valence-electron chi connectivity index (χ1n) is 9.47. The number of hydrogen-bond donors (Lipinski definition) is 1. The molecular weight excluding hydrogens is 367 g/mol. The summed E-state index contributed by atoms with van der Waals surface area (Å²) < 4.78 is 19.1. The SMILES string of the molecule is CC(C)CC(=O)N1CCC2(CC1)OC[C@H](C(=O)O)N2C(=O)c1ccc(F)cc1. The molecule has 1 N–H and O–H groups in total. The van der Waals surface area contributed by atoms with Crippen molar-refractivity contribution in [3.63, 3.8) is 0 Å². The van der Waals surface area contributed by atoms with Crippen LogP contribution in [-0.4, -0.2) is 64.2 Å². The lowest BCUT2D eigenvalue weighted by Crippen LogP contribution is -2.58. The molecule has 7 nitrogen and oxygen atoms in total. The number of rotatable bonds is 4. The highest BCUT2D eigenvalue weighted by atomic mass is 19.1. The third-order valence-electron chi connectivity index (χ3n) is 5.34. The average Bonchev–Trinajstić information content (AvgIpc) is 3.00. The second-order valence-corrected chi connectivity index (χ2v) is 7.77. The zero-order valence-electron chi connectivity index (χ0n) is 16.1. The molecule has 0 aromatic heterocycles. The van der Waals surface area contributed by atoms with Gasteiger partial charge in [-0.05, 0) is 30.2 Å². The Morgan fingerprint density at radius 1 is 1.21 bits per heavy atom. The monoisotopic (exact) mass is 392 g/mol. The lowest BCUT2D eigenvalue weighted by Gasteiger charge is -2.44. The lowest BCUT2D eigenvalue weighted by molar-refractivity contribution is -0.148. The van der Waals surface area contributed by atoms with Gasteiger partial charge in [0.1, 0.15) is 11.5 Å². The average molecular weight is 392 g/mol. The van der Waals surface area contributed by atoms with Crippen molar-refractivity contribution in [3.8, 4) is 0 Å². The predicted molar refractivity (Wildman–Crippen MR) is 97.9 cm³/mol. The maximum Gasteiger partial charge on any atom is 0.328 e. The molecule has 152 valence electrons. The van der Waals surface area contributed by atoms with Crippen molar-refractivity contribution in [3.05, 3.63) is 35.6 Å². The Morgan fingerprint density at radius 3 is 2.36 bits per heavy atom. The van der Waals surface area contributed by atoms with Gasteiger partial charge in [-0.15, -0.1) is 0 Å². The Morgan fingerprint density at radius 2 is 1.82 bits per heavy atom. The number of ether oxygens (including phenoxy) is 1. The van der Waals surface area contributed by atoms with Crippen LogP contribution in [0.2, 0.25) is 0 Å². The predicted octanol–water partition coefficient (Wildman–Crippen LogP) is 2.12. The van der Waals surface area contributed by atoms with Crippen molar-refractivity contribution < 1.29 is 28.6 Å². The summed E-state index contributed by atoms with van der Waals surface area (Å²) in [4.78, 5) is 40.1. The summed E-state index contributed by atoms with van der Waals surface area (Å²) in [6.45, 7) is 4.63. The number of carboxylic acids is 1. The lowest BCUT2D eigenvalue weighted by atomic mass is 9.96. The molecule has 3 rings (SSSR count). The molecule has 2 amide bonds. The molecule has 1 aromatic carbocycles. The molecule has 28 heavy (non-hydrogen) atoms. The second kappa shape index (κ2) is 7.87. The molecular formula is C20H25FN2O5. The summed E-state index contributed by atoms with van der Waals surface area (Å²) in [5.74, 6) is -1.83. The molecule has 2 saturated heterocycles. The van der Waals surface area contributed by atoms with Crippen molar-refractivity contribution in [2.45, 2.75) is 44.9 Å². The largest absolute Gasteiger partial charge is 0.480 e. The van der Waals surface area contributed by atoms with E-state index in [1.807, 2.05) is 13.8 Å². The van der Waals surface area contributed by atoms with E-state index in [1.54, 1.807) is 4.90 Å². The van der Waals surface area contributed by atoms with Gasteiger partial charge in [0.2, 0.25) is 5.91 Å².